The number of aliphatic hydroxyl groups excluding tert-OH is 1. The van der Waals surface area contributed by atoms with Crippen LogP contribution in [-0.4, -0.2) is 34.9 Å². The molecule has 0 amide bonds. The molecule has 0 bridgehead atoms. The molecule has 0 spiro atoms. The van der Waals surface area contributed by atoms with E-state index in [1.807, 2.05) is 0 Å². The number of rotatable bonds is 5. The van der Waals surface area contributed by atoms with Crippen molar-refractivity contribution >= 4 is 12.0 Å². The van der Waals surface area contributed by atoms with Crippen LogP contribution >= 0.6 is 0 Å². The van der Waals surface area contributed by atoms with E-state index >= 15 is 0 Å². The number of carbonyl (C=O) groups is 1. The third kappa shape index (κ3) is 3.61. The smallest absolute Gasteiger partial charge is 0.344 e. The van der Waals surface area contributed by atoms with Gasteiger partial charge in [-0.05, 0) is 37.8 Å². The topological polar surface area (TPSA) is 68.7 Å². The number of aliphatic hydroxyl groups is 1. The highest BCUT2D eigenvalue weighted by Crippen LogP contribution is 2.27. The highest BCUT2D eigenvalue weighted by molar-refractivity contribution is 5.95. The third-order valence-corrected chi connectivity index (χ3v) is 3.58. The summed E-state index contributed by atoms with van der Waals surface area (Å²) in [5.74, 6) is -0.280. The van der Waals surface area contributed by atoms with Crippen LogP contribution in [0.25, 0.3) is 6.08 Å². The minimum Gasteiger partial charge on any atom is -0.471 e. The van der Waals surface area contributed by atoms with Gasteiger partial charge in [-0.3, -0.25) is 0 Å². The Morgan fingerprint density at radius 2 is 2.29 bits per heavy atom. The van der Waals surface area contributed by atoms with Crippen molar-refractivity contribution in [3.63, 3.8) is 0 Å². The third-order valence-electron chi connectivity index (χ3n) is 3.58. The lowest BCUT2D eigenvalue weighted by Gasteiger charge is -2.28. The zero-order chi connectivity index (χ0) is 15.2. The summed E-state index contributed by atoms with van der Waals surface area (Å²) in [7, 11) is 0. The summed E-state index contributed by atoms with van der Waals surface area (Å²) < 4.78 is 10.9. The van der Waals surface area contributed by atoms with Crippen molar-refractivity contribution in [1.29, 1.82) is 0 Å². The summed E-state index contributed by atoms with van der Waals surface area (Å²) >= 11 is 0. The number of hydrogen-bond donors (Lipinski definition) is 1. The first-order chi connectivity index (χ1) is 10.2. The van der Waals surface area contributed by atoms with E-state index in [0.717, 1.165) is 19.3 Å². The zero-order valence-electron chi connectivity index (χ0n) is 12.2. The Bertz CT molecular complexity index is 515. The van der Waals surface area contributed by atoms with Crippen LogP contribution in [0.4, 0.5) is 0 Å². The fourth-order valence-electron chi connectivity index (χ4n) is 2.48. The molecule has 2 atom stereocenters. The molecule has 0 radical (unpaired) electrons. The van der Waals surface area contributed by atoms with Crippen molar-refractivity contribution < 1.29 is 19.4 Å². The second kappa shape index (κ2) is 7.22. The molecule has 0 unspecified atom stereocenters. The van der Waals surface area contributed by atoms with E-state index in [1.165, 1.54) is 0 Å². The minimum absolute atomic E-state index is 0.205. The van der Waals surface area contributed by atoms with Crippen LogP contribution in [0.2, 0.25) is 0 Å². The summed E-state index contributed by atoms with van der Waals surface area (Å²) in [4.78, 5) is 16.3. The molecule has 1 aromatic heterocycles. The van der Waals surface area contributed by atoms with Crippen molar-refractivity contribution in [2.24, 2.45) is 0 Å². The SMILES string of the molecule is C=Cc1ccnc(O[C@@H]2CCCC[C@H]2O)c1C(=O)OCC. The predicted octanol–water partition coefficient (Wildman–Crippen LogP) is 2.58. The summed E-state index contributed by atoms with van der Waals surface area (Å²) in [6, 6.07) is 1.68. The molecular weight excluding hydrogens is 270 g/mol. The van der Waals surface area contributed by atoms with Gasteiger partial charge in [0.05, 0.1) is 12.7 Å². The van der Waals surface area contributed by atoms with Gasteiger partial charge in [-0.1, -0.05) is 19.1 Å². The van der Waals surface area contributed by atoms with Gasteiger partial charge in [-0.2, -0.15) is 0 Å². The van der Waals surface area contributed by atoms with Crippen LogP contribution in [0.15, 0.2) is 18.8 Å². The Kier molecular flexibility index (Phi) is 5.33. The average molecular weight is 291 g/mol. The Morgan fingerprint density at radius 1 is 1.52 bits per heavy atom. The molecule has 1 aliphatic carbocycles. The molecule has 114 valence electrons. The number of aromatic nitrogens is 1. The van der Waals surface area contributed by atoms with Gasteiger partial charge in [-0.25, -0.2) is 9.78 Å². The quantitative estimate of drug-likeness (QED) is 0.844. The van der Waals surface area contributed by atoms with E-state index in [4.69, 9.17) is 9.47 Å². The van der Waals surface area contributed by atoms with Crippen molar-refractivity contribution in [2.75, 3.05) is 6.61 Å². The Hall–Kier alpha value is -1.88. The molecule has 5 nitrogen and oxygen atoms in total. The monoisotopic (exact) mass is 291 g/mol. The normalized spacial score (nSPS) is 21.6. The largest absolute Gasteiger partial charge is 0.471 e. The van der Waals surface area contributed by atoms with Crippen LogP contribution in [0, 0.1) is 0 Å². The molecule has 21 heavy (non-hydrogen) atoms. The van der Waals surface area contributed by atoms with Crippen LogP contribution in [0.3, 0.4) is 0 Å². The Morgan fingerprint density at radius 3 is 2.95 bits per heavy atom. The summed E-state index contributed by atoms with van der Waals surface area (Å²) in [5, 5.41) is 10.0. The van der Waals surface area contributed by atoms with E-state index < -0.39 is 12.1 Å². The molecule has 0 aliphatic heterocycles. The average Bonchev–Trinajstić information content (AvgIpc) is 2.49. The number of hydrogen-bond acceptors (Lipinski definition) is 5. The van der Waals surface area contributed by atoms with Gasteiger partial charge >= 0.3 is 5.97 Å². The van der Waals surface area contributed by atoms with E-state index in [-0.39, 0.29) is 24.2 Å². The van der Waals surface area contributed by atoms with E-state index in [1.54, 1.807) is 25.3 Å². The maximum absolute atomic E-state index is 12.1. The molecule has 0 aromatic carbocycles. The van der Waals surface area contributed by atoms with Gasteiger partial charge in [-0.15, -0.1) is 0 Å². The van der Waals surface area contributed by atoms with Crippen molar-refractivity contribution in [3.8, 4) is 5.88 Å². The number of esters is 1. The highest BCUT2D eigenvalue weighted by Gasteiger charge is 2.28. The summed E-state index contributed by atoms with van der Waals surface area (Å²) in [5.41, 5.74) is 0.885. The van der Waals surface area contributed by atoms with Crippen molar-refractivity contribution in [3.05, 3.63) is 30.0 Å². The first-order valence-electron chi connectivity index (χ1n) is 7.30. The predicted molar refractivity (Wildman–Crippen MR) is 79.2 cm³/mol. The lowest BCUT2D eigenvalue weighted by atomic mass is 9.95. The van der Waals surface area contributed by atoms with Crippen molar-refractivity contribution in [2.45, 2.75) is 44.8 Å². The highest BCUT2D eigenvalue weighted by atomic mass is 16.5. The fourth-order valence-corrected chi connectivity index (χ4v) is 2.48. The van der Waals surface area contributed by atoms with Gasteiger partial charge in [0.1, 0.15) is 11.7 Å². The van der Waals surface area contributed by atoms with Crippen molar-refractivity contribution in [1.82, 2.24) is 4.98 Å². The minimum atomic E-state index is -0.525. The Balaban J connectivity index is 2.29. The number of carbonyl (C=O) groups excluding carboxylic acids is 1. The molecular formula is C16H21NO4. The van der Waals surface area contributed by atoms with Crippen LogP contribution in [0.5, 0.6) is 5.88 Å². The number of ether oxygens (including phenoxy) is 2. The standard InChI is InChI=1S/C16H21NO4/c1-3-11-9-10-17-15(14(11)16(19)20-4-2)21-13-8-6-5-7-12(13)18/h3,9-10,12-13,18H,1,4-8H2,2H3/t12-,13-/m1/s1. The molecule has 0 saturated heterocycles. The Labute approximate surface area is 124 Å². The molecule has 1 heterocycles. The molecule has 1 aromatic rings. The molecule has 2 rings (SSSR count). The zero-order valence-corrected chi connectivity index (χ0v) is 12.2. The van der Waals surface area contributed by atoms with Crippen LogP contribution in [-0.2, 0) is 4.74 Å². The van der Waals surface area contributed by atoms with Gasteiger partial charge in [0, 0.05) is 6.20 Å². The summed E-state index contributed by atoms with van der Waals surface area (Å²) in [6.07, 6.45) is 5.72. The maximum atomic E-state index is 12.1. The summed E-state index contributed by atoms with van der Waals surface area (Å²) in [6.45, 7) is 5.71. The first-order valence-corrected chi connectivity index (χ1v) is 7.30. The number of pyridine rings is 1. The maximum Gasteiger partial charge on any atom is 0.344 e. The van der Waals surface area contributed by atoms with Gasteiger partial charge < -0.3 is 14.6 Å². The van der Waals surface area contributed by atoms with E-state index in [9.17, 15) is 9.90 Å². The van der Waals surface area contributed by atoms with Crippen LogP contribution in [0.1, 0.15) is 48.5 Å². The van der Waals surface area contributed by atoms with Crippen LogP contribution < -0.4 is 4.74 Å². The van der Waals surface area contributed by atoms with Gasteiger partial charge in [0.15, 0.2) is 0 Å². The molecule has 5 heteroatoms. The molecule has 1 aliphatic rings. The molecule has 1 saturated carbocycles. The number of nitrogens with zero attached hydrogens (tertiary/aromatic N) is 1. The fraction of sp³-hybridized carbons (Fsp3) is 0.500. The lowest BCUT2D eigenvalue weighted by molar-refractivity contribution is 0.00327. The first kappa shape index (κ1) is 15.5. The second-order valence-electron chi connectivity index (χ2n) is 5.01. The molecule has 1 N–H and O–H groups in total. The van der Waals surface area contributed by atoms with Gasteiger partial charge in [0.25, 0.3) is 0 Å². The molecule has 1 fully saturated rings. The van der Waals surface area contributed by atoms with E-state index in [2.05, 4.69) is 11.6 Å². The van der Waals surface area contributed by atoms with E-state index in [0.29, 0.717) is 12.0 Å². The lowest BCUT2D eigenvalue weighted by Crippen LogP contribution is -2.35. The van der Waals surface area contributed by atoms with Gasteiger partial charge in [0.2, 0.25) is 5.88 Å². The second-order valence-corrected chi connectivity index (χ2v) is 5.01.